The maximum atomic E-state index is 13.4. The van der Waals surface area contributed by atoms with Gasteiger partial charge in [0.1, 0.15) is 67.1 Å². The average molecular weight is 1200 g/mol. The molecular formula is C60H112N2O21. The van der Waals surface area contributed by atoms with E-state index in [1.54, 1.807) is 0 Å². The van der Waals surface area contributed by atoms with E-state index in [0.29, 0.717) is 19.3 Å². The van der Waals surface area contributed by atoms with Crippen LogP contribution in [0.2, 0.25) is 0 Å². The molecule has 3 fully saturated rings. The molecule has 0 bridgehead atoms. The van der Waals surface area contributed by atoms with Crippen molar-refractivity contribution in [2.75, 3.05) is 26.4 Å². The largest absolute Gasteiger partial charge is 0.477 e. The van der Waals surface area contributed by atoms with Crippen molar-refractivity contribution in [2.24, 2.45) is 0 Å². The molecule has 3 aliphatic heterocycles. The molecule has 3 rings (SSSR count). The first kappa shape index (κ1) is 75.0. The van der Waals surface area contributed by atoms with E-state index >= 15 is 0 Å². The Kier molecular flexibility index (Phi) is 38.5. The van der Waals surface area contributed by atoms with Gasteiger partial charge in [-0.15, -0.1) is 0 Å². The minimum atomic E-state index is -3.07. The Morgan fingerprint density at radius 2 is 1.05 bits per heavy atom. The summed E-state index contributed by atoms with van der Waals surface area (Å²) in [5, 5.41) is 136. The average Bonchev–Trinajstić information content (AvgIpc) is 3.65. The number of hydrogen-bond donors (Lipinski definition) is 14. The first-order valence-electron chi connectivity index (χ1n) is 31.9. The molecule has 488 valence electrons. The minimum absolute atomic E-state index is 0.228. The summed E-state index contributed by atoms with van der Waals surface area (Å²) in [6, 6.07) is -2.52. The van der Waals surface area contributed by atoms with Crippen LogP contribution in [0.15, 0.2) is 0 Å². The molecule has 3 aliphatic rings. The molecule has 0 aromatic carbocycles. The summed E-state index contributed by atoms with van der Waals surface area (Å²) in [5.41, 5.74) is 0. The molecule has 23 heteroatoms. The summed E-state index contributed by atoms with van der Waals surface area (Å²) in [6.07, 6.45) is 5.50. The van der Waals surface area contributed by atoms with E-state index < -0.39 is 148 Å². The number of aliphatic hydroxyl groups is 11. The highest BCUT2D eigenvalue weighted by atomic mass is 16.8. The molecule has 0 saturated carbocycles. The monoisotopic (exact) mass is 1200 g/mol. The highest BCUT2D eigenvalue weighted by Crippen LogP contribution is 2.38. The number of nitrogens with one attached hydrogen (secondary N) is 2. The molecule has 3 heterocycles. The summed E-state index contributed by atoms with van der Waals surface area (Å²) in [7, 11) is 0. The van der Waals surface area contributed by atoms with Crippen LogP contribution in [0.1, 0.15) is 226 Å². The molecule has 18 unspecified atom stereocenters. The number of unbranched alkanes of at least 4 members (excludes halogenated alkanes) is 27. The van der Waals surface area contributed by atoms with E-state index in [2.05, 4.69) is 24.5 Å². The van der Waals surface area contributed by atoms with Crippen molar-refractivity contribution in [3.05, 3.63) is 0 Å². The molecule has 0 aromatic rings. The zero-order valence-corrected chi connectivity index (χ0v) is 50.3. The maximum absolute atomic E-state index is 13.4. The minimum Gasteiger partial charge on any atom is -0.477 e. The van der Waals surface area contributed by atoms with Crippen LogP contribution < -0.4 is 10.6 Å². The van der Waals surface area contributed by atoms with Crippen LogP contribution in [0.4, 0.5) is 0 Å². The first-order chi connectivity index (χ1) is 39.9. The van der Waals surface area contributed by atoms with Crippen molar-refractivity contribution in [3.63, 3.8) is 0 Å². The van der Waals surface area contributed by atoms with Crippen LogP contribution in [0.25, 0.3) is 0 Å². The summed E-state index contributed by atoms with van der Waals surface area (Å²) < 4.78 is 34.8. The van der Waals surface area contributed by atoms with Gasteiger partial charge in [-0.1, -0.05) is 194 Å². The lowest BCUT2D eigenvalue weighted by Gasteiger charge is -2.50. The Hall–Kier alpha value is -2.27. The smallest absolute Gasteiger partial charge is 0.364 e. The van der Waals surface area contributed by atoms with E-state index in [9.17, 15) is 75.7 Å². The van der Waals surface area contributed by atoms with Gasteiger partial charge in [0.2, 0.25) is 11.8 Å². The maximum Gasteiger partial charge on any atom is 0.364 e. The van der Waals surface area contributed by atoms with Crippen molar-refractivity contribution in [1.82, 2.24) is 10.6 Å². The third-order valence-electron chi connectivity index (χ3n) is 16.6. The van der Waals surface area contributed by atoms with Crippen molar-refractivity contribution < 1.29 is 104 Å². The van der Waals surface area contributed by atoms with Gasteiger partial charge in [0.25, 0.3) is 5.79 Å². The van der Waals surface area contributed by atoms with Crippen LogP contribution in [0, 0.1) is 0 Å². The molecular weight excluding hydrogens is 1080 g/mol. The molecule has 18 atom stereocenters. The second-order valence-corrected chi connectivity index (χ2v) is 23.6. The fraction of sp³-hybridized carbons (Fsp3) is 0.950. The Morgan fingerprint density at radius 1 is 0.578 bits per heavy atom. The van der Waals surface area contributed by atoms with Crippen LogP contribution in [-0.4, -0.2) is 215 Å². The van der Waals surface area contributed by atoms with E-state index in [1.165, 1.54) is 122 Å². The van der Waals surface area contributed by atoms with E-state index in [4.69, 9.17) is 28.4 Å². The van der Waals surface area contributed by atoms with Crippen LogP contribution in [-0.2, 0) is 42.8 Å². The van der Waals surface area contributed by atoms with Gasteiger partial charge in [-0.2, -0.15) is 0 Å². The number of aliphatic carboxylic acids is 1. The second-order valence-electron chi connectivity index (χ2n) is 23.6. The molecule has 3 saturated heterocycles. The van der Waals surface area contributed by atoms with Gasteiger partial charge in [-0.3, -0.25) is 9.59 Å². The molecule has 0 aliphatic carbocycles. The standard InChI is InChI=1S/C60H112N2O21/c1-4-6-8-10-12-14-16-18-19-20-21-22-23-25-27-29-31-33-42(67)41(62-47(70)34-32-30-28-26-24-17-15-13-11-9-7-5-2)39-78-57-52(74)51(73)54(46(38-65)80-57)81-58-53(75)56(50(72)45(37-64)79-58)83-60(59(76)77)35-43(68)48(61-40(3)66)55(82-60)49(71)44(69)36-63/h41-46,48-58,63-65,67-69,71-75H,4-39H2,1-3H3,(H,61,66)(H,62,70)(H,76,77). The molecule has 83 heavy (non-hydrogen) atoms. The van der Waals surface area contributed by atoms with E-state index in [1.807, 2.05) is 0 Å². The predicted molar refractivity (Wildman–Crippen MR) is 306 cm³/mol. The molecule has 0 spiro atoms. The van der Waals surface area contributed by atoms with Crippen LogP contribution >= 0.6 is 0 Å². The SMILES string of the molecule is CCCCCCCCCCCCCCCCCCCC(O)C(COC1OC(CO)C(OC2OC(CO)C(O)C(OC3(C(=O)O)CC(O)C(NC(C)=O)C(C(O)C(O)CO)O3)C2O)C(O)C1O)NC(=O)CCCCCCCCCCCCCC. The molecule has 0 radical (unpaired) electrons. The Labute approximate surface area is 493 Å². The summed E-state index contributed by atoms with van der Waals surface area (Å²) >= 11 is 0. The molecule has 2 amide bonds. The number of amides is 2. The number of ether oxygens (including phenoxy) is 6. The number of carboxylic acid groups (broad SMARTS) is 1. The topological polar surface area (TPSA) is 373 Å². The Bertz CT molecular complexity index is 1710. The number of hydrogen-bond acceptors (Lipinski definition) is 20. The lowest BCUT2D eigenvalue weighted by molar-refractivity contribution is -0.386. The van der Waals surface area contributed by atoms with Gasteiger partial charge in [0.15, 0.2) is 12.6 Å². The van der Waals surface area contributed by atoms with Crippen LogP contribution in [0.3, 0.4) is 0 Å². The predicted octanol–water partition coefficient (Wildman–Crippen LogP) is 3.78. The molecule has 14 N–H and O–H groups in total. The van der Waals surface area contributed by atoms with Crippen molar-refractivity contribution >= 4 is 17.8 Å². The zero-order chi connectivity index (χ0) is 61.2. The van der Waals surface area contributed by atoms with Gasteiger partial charge in [-0.25, -0.2) is 4.79 Å². The second kappa shape index (κ2) is 42.6. The summed E-state index contributed by atoms with van der Waals surface area (Å²) in [4.78, 5) is 38.4. The summed E-state index contributed by atoms with van der Waals surface area (Å²) in [6.45, 7) is 2.18. The van der Waals surface area contributed by atoms with E-state index in [-0.39, 0.29) is 18.9 Å². The fourth-order valence-corrected chi connectivity index (χ4v) is 11.4. The fourth-order valence-electron chi connectivity index (χ4n) is 11.4. The third kappa shape index (κ3) is 26.5. The van der Waals surface area contributed by atoms with Gasteiger partial charge in [0.05, 0.1) is 50.7 Å². The quantitative estimate of drug-likeness (QED) is 0.0386. The number of carbonyl (C=O) groups excluding carboxylic acids is 2. The highest BCUT2D eigenvalue weighted by molar-refractivity contribution is 5.77. The van der Waals surface area contributed by atoms with Crippen LogP contribution in [0.5, 0.6) is 0 Å². The lowest BCUT2D eigenvalue weighted by atomic mass is 9.88. The van der Waals surface area contributed by atoms with Crippen molar-refractivity contribution in [3.8, 4) is 0 Å². The molecule has 0 aromatic heterocycles. The number of aliphatic hydroxyl groups excluding tert-OH is 11. The number of carboxylic acids is 1. The number of carbonyl (C=O) groups is 3. The van der Waals surface area contributed by atoms with E-state index in [0.717, 1.165) is 58.3 Å². The van der Waals surface area contributed by atoms with Crippen molar-refractivity contribution in [2.45, 2.75) is 336 Å². The summed E-state index contributed by atoms with van der Waals surface area (Å²) in [5.74, 6) is -6.10. The molecule has 23 nitrogen and oxygen atoms in total. The van der Waals surface area contributed by atoms with Gasteiger partial charge < -0.3 is 100 Å². The third-order valence-corrected chi connectivity index (χ3v) is 16.6. The van der Waals surface area contributed by atoms with Gasteiger partial charge in [-0.05, 0) is 12.8 Å². The normalized spacial score (nSPS) is 29.9. The van der Waals surface area contributed by atoms with Gasteiger partial charge in [0, 0.05) is 19.8 Å². The van der Waals surface area contributed by atoms with Gasteiger partial charge >= 0.3 is 5.97 Å². The Morgan fingerprint density at radius 3 is 1.51 bits per heavy atom. The first-order valence-corrected chi connectivity index (χ1v) is 31.9. The highest BCUT2D eigenvalue weighted by Gasteiger charge is 2.60. The number of rotatable bonds is 47. The zero-order valence-electron chi connectivity index (χ0n) is 50.3. The van der Waals surface area contributed by atoms with Crippen molar-refractivity contribution in [1.29, 1.82) is 0 Å². The lowest BCUT2D eigenvalue weighted by Crippen LogP contribution is -2.70. The Balaban J connectivity index is 1.64.